The van der Waals surface area contributed by atoms with Gasteiger partial charge in [-0.3, -0.25) is 10.2 Å². The van der Waals surface area contributed by atoms with Crippen molar-refractivity contribution in [2.45, 2.75) is 12.5 Å². The molecule has 0 heterocycles. The molecule has 0 fully saturated rings. The van der Waals surface area contributed by atoms with Crippen LogP contribution in [0.2, 0.25) is 0 Å². The molecule has 0 aliphatic rings. The lowest BCUT2D eigenvalue weighted by Crippen LogP contribution is -2.49. The van der Waals surface area contributed by atoms with Crippen LogP contribution in [-0.2, 0) is 21.2 Å². The van der Waals surface area contributed by atoms with Crippen LogP contribution in [0.5, 0.6) is 0 Å². The van der Waals surface area contributed by atoms with E-state index >= 15 is 0 Å². The van der Waals surface area contributed by atoms with Crippen molar-refractivity contribution in [1.29, 1.82) is 0 Å². The van der Waals surface area contributed by atoms with Crippen LogP contribution in [0.25, 0.3) is 0 Å². The number of hydrogen-bond donors (Lipinski definition) is 3. The minimum atomic E-state index is -3.46. The van der Waals surface area contributed by atoms with Gasteiger partial charge in [0.2, 0.25) is 10.0 Å². The van der Waals surface area contributed by atoms with Crippen molar-refractivity contribution in [3.8, 4) is 0 Å². The van der Waals surface area contributed by atoms with Gasteiger partial charge in [0.05, 0.1) is 6.26 Å². The zero-order chi connectivity index (χ0) is 12.9. The van der Waals surface area contributed by atoms with E-state index < -0.39 is 22.0 Å². The molecule has 0 aromatic heterocycles. The Morgan fingerprint density at radius 3 is 2.41 bits per heavy atom. The van der Waals surface area contributed by atoms with Crippen LogP contribution in [0.4, 0.5) is 0 Å². The van der Waals surface area contributed by atoms with E-state index in [-0.39, 0.29) is 6.42 Å². The van der Waals surface area contributed by atoms with Crippen LogP contribution < -0.4 is 16.0 Å². The summed E-state index contributed by atoms with van der Waals surface area (Å²) < 4.78 is 24.5. The molecule has 1 rings (SSSR count). The number of nitrogens with two attached hydrogens (primary N) is 1. The van der Waals surface area contributed by atoms with Crippen molar-refractivity contribution in [3.05, 3.63) is 35.9 Å². The normalized spacial score (nSPS) is 13.1. The zero-order valence-corrected chi connectivity index (χ0v) is 10.2. The second-order valence-electron chi connectivity index (χ2n) is 3.64. The van der Waals surface area contributed by atoms with Gasteiger partial charge in [-0.1, -0.05) is 30.3 Å². The average Bonchev–Trinajstić information content (AvgIpc) is 2.27. The largest absolute Gasteiger partial charge is 0.293 e. The molecule has 0 radical (unpaired) electrons. The maximum Gasteiger partial charge on any atom is 0.252 e. The Morgan fingerprint density at radius 2 is 1.94 bits per heavy atom. The maximum absolute atomic E-state index is 11.4. The SMILES string of the molecule is CS(=O)(=O)N[C@@H](Cc1ccccc1)C(=O)NN. The summed E-state index contributed by atoms with van der Waals surface area (Å²) in [4.78, 5) is 11.4. The highest BCUT2D eigenvalue weighted by Crippen LogP contribution is 2.04. The smallest absolute Gasteiger partial charge is 0.252 e. The predicted molar refractivity (Wildman–Crippen MR) is 64.2 cm³/mol. The maximum atomic E-state index is 11.4. The van der Waals surface area contributed by atoms with Gasteiger partial charge in [-0.2, -0.15) is 0 Å². The summed E-state index contributed by atoms with van der Waals surface area (Å²) in [5, 5.41) is 0. The van der Waals surface area contributed by atoms with Gasteiger partial charge in [0.15, 0.2) is 0 Å². The molecular formula is C10H15N3O3S. The van der Waals surface area contributed by atoms with Gasteiger partial charge < -0.3 is 0 Å². The quantitative estimate of drug-likeness (QED) is 0.363. The van der Waals surface area contributed by atoms with Gasteiger partial charge in [0.1, 0.15) is 6.04 Å². The van der Waals surface area contributed by atoms with Gasteiger partial charge in [0.25, 0.3) is 5.91 Å². The molecule has 7 heteroatoms. The lowest BCUT2D eigenvalue weighted by Gasteiger charge is -2.15. The second-order valence-corrected chi connectivity index (χ2v) is 5.42. The third-order valence-electron chi connectivity index (χ3n) is 2.10. The Balaban J connectivity index is 2.81. The number of benzene rings is 1. The van der Waals surface area contributed by atoms with E-state index in [0.29, 0.717) is 0 Å². The molecular weight excluding hydrogens is 242 g/mol. The number of hydrogen-bond acceptors (Lipinski definition) is 4. The predicted octanol–water partition coefficient (Wildman–Crippen LogP) is -0.863. The van der Waals surface area contributed by atoms with Gasteiger partial charge in [-0.05, 0) is 12.0 Å². The first-order valence-electron chi connectivity index (χ1n) is 4.94. The molecule has 0 saturated carbocycles. The molecule has 1 aromatic carbocycles. The van der Waals surface area contributed by atoms with Gasteiger partial charge in [-0.25, -0.2) is 19.0 Å². The van der Waals surface area contributed by atoms with Crippen molar-refractivity contribution in [3.63, 3.8) is 0 Å². The van der Waals surface area contributed by atoms with Crippen molar-refractivity contribution in [1.82, 2.24) is 10.1 Å². The van der Waals surface area contributed by atoms with E-state index in [1.165, 1.54) is 0 Å². The van der Waals surface area contributed by atoms with E-state index in [0.717, 1.165) is 11.8 Å². The van der Waals surface area contributed by atoms with Crippen molar-refractivity contribution in [2.75, 3.05) is 6.26 Å². The van der Waals surface area contributed by atoms with Crippen LogP contribution in [0.3, 0.4) is 0 Å². The first-order valence-corrected chi connectivity index (χ1v) is 6.83. The zero-order valence-electron chi connectivity index (χ0n) is 9.38. The Labute approximate surface area is 100 Å². The molecule has 0 unspecified atom stereocenters. The number of hydrazine groups is 1. The molecule has 1 atom stereocenters. The molecule has 1 aromatic rings. The highest BCUT2D eigenvalue weighted by atomic mass is 32.2. The molecule has 0 aliphatic heterocycles. The van der Waals surface area contributed by atoms with E-state index in [9.17, 15) is 13.2 Å². The molecule has 0 aliphatic carbocycles. The molecule has 1 amide bonds. The minimum Gasteiger partial charge on any atom is -0.293 e. The summed E-state index contributed by atoms with van der Waals surface area (Å²) in [6, 6.07) is 8.17. The monoisotopic (exact) mass is 257 g/mol. The Hall–Kier alpha value is -1.44. The lowest BCUT2D eigenvalue weighted by molar-refractivity contribution is -0.122. The summed E-state index contributed by atoms with van der Waals surface area (Å²) in [6.45, 7) is 0. The second kappa shape index (κ2) is 5.76. The first kappa shape index (κ1) is 13.6. The van der Waals surface area contributed by atoms with Gasteiger partial charge >= 0.3 is 0 Å². The van der Waals surface area contributed by atoms with E-state index in [2.05, 4.69) is 4.72 Å². The molecule has 0 spiro atoms. The molecule has 0 bridgehead atoms. The number of rotatable bonds is 5. The van der Waals surface area contributed by atoms with Gasteiger partial charge in [-0.15, -0.1) is 0 Å². The van der Waals surface area contributed by atoms with Crippen molar-refractivity contribution < 1.29 is 13.2 Å². The third-order valence-corrected chi connectivity index (χ3v) is 2.81. The number of carbonyl (C=O) groups excluding carboxylic acids is 1. The molecule has 17 heavy (non-hydrogen) atoms. The van der Waals surface area contributed by atoms with Crippen LogP contribution in [-0.4, -0.2) is 26.6 Å². The summed E-state index contributed by atoms with van der Waals surface area (Å²) >= 11 is 0. The molecule has 6 nitrogen and oxygen atoms in total. The molecule has 4 N–H and O–H groups in total. The Morgan fingerprint density at radius 1 is 1.35 bits per heavy atom. The fourth-order valence-electron chi connectivity index (χ4n) is 1.40. The van der Waals surface area contributed by atoms with E-state index in [4.69, 9.17) is 5.84 Å². The topological polar surface area (TPSA) is 101 Å². The summed E-state index contributed by atoms with van der Waals surface area (Å²) in [7, 11) is -3.46. The van der Waals surface area contributed by atoms with Crippen molar-refractivity contribution >= 4 is 15.9 Å². The number of nitrogens with one attached hydrogen (secondary N) is 2. The molecule has 0 saturated heterocycles. The number of amides is 1. The molecule has 94 valence electrons. The van der Waals surface area contributed by atoms with Crippen LogP contribution in [0, 0.1) is 0 Å². The summed E-state index contributed by atoms with van der Waals surface area (Å²) in [6.07, 6.45) is 1.24. The van der Waals surface area contributed by atoms with E-state index in [1.807, 2.05) is 23.6 Å². The summed E-state index contributed by atoms with van der Waals surface area (Å²) in [5.74, 6) is 4.44. The minimum absolute atomic E-state index is 0.247. The van der Waals surface area contributed by atoms with Crippen molar-refractivity contribution in [2.24, 2.45) is 5.84 Å². The Bertz CT molecular complexity index is 473. The average molecular weight is 257 g/mol. The highest BCUT2D eigenvalue weighted by Gasteiger charge is 2.21. The fraction of sp³-hybridized carbons (Fsp3) is 0.300. The lowest BCUT2D eigenvalue weighted by atomic mass is 10.1. The third kappa shape index (κ3) is 4.94. The van der Waals surface area contributed by atoms with Crippen LogP contribution in [0.1, 0.15) is 5.56 Å². The fourth-order valence-corrected chi connectivity index (χ4v) is 2.10. The standard InChI is InChI=1S/C10H15N3O3S/c1-17(15,16)13-9(10(14)12-11)7-8-5-3-2-4-6-8/h2-6,9,13H,7,11H2,1H3,(H,12,14)/t9-/m0/s1. The first-order chi connectivity index (χ1) is 7.92. The number of sulfonamides is 1. The summed E-state index contributed by atoms with van der Waals surface area (Å²) in [5.41, 5.74) is 2.79. The Kier molecular flexibility index (Phi) is 4.62. The van der Waals surface area contributed by atoms with E-state index in [1.54, 1.807) is 12.1 Å². The van der Waals surface area contributed by atoms with Crippen LogP contribution >= 0.6 is 0 Å². The highest BCUT2D eigenvalue weighted by molar-refractivity contribution is 7.88. The number of carbonyl (C=O) groups is 1. The van der Waals surface area contributed by atoms with Gasteiger partial charge in [0, 0.05) is 0 Å². The van der Waals surface area contributed by atoms with Crippen LogP contribution in [0.15, 0.2) is 30.3 Å².